The van der Waals surface area contributed by atoms with Gasteiger partial charge in [0.2, 0.25) is 5.91 Å². The molecule has 8 atom stereocenters. The number of carbonyl (C=O) groups excluding carboxylic acids is 3. The van der Waals surface area contributed by atoms with Crippen LogP contribution in [0.5, 0.6) is 0 Å². The van der Waals surface area contributed by atoms with Crippen LogP contribution < -0.4 is 10.6 Å². The van der Waals surface area contributed by atoms with Crippen LogP contribution in [0.15, 0.2) is 30.3 Å². The number of hydrogen-bond donors (Lipinski definition) is 2. The first-order valence-electron chi connectivity index (χ1n) is 14.6. The Labute approximate surface area is 245 Å². The Morgan fingerprint density at radius 2 is 1.77 bits per heavy atom. The summed E-state index contributed by atoms with van der Waals surface area (Å²) in [4.78, 5) is 40.0. The molecule has 0 saturated carbocycles. The largest absolute Gasteiger partial charge is 0.469 e. The number of ether oxygens (including phenoxy) is 2. The lowest BCUT2D eigenvalue weighted by Crippen LogP contribution is -2.57. The molecule has 1 aliphatic rings. The minimum absolute atomic E-state index is 0.120. The third-order valence-corrected chi connectivity index (χ3v) is 9.47. The van der Waals surface area contributed by atoms with E-state index in [1.807, 2.05) is 44.3 Å². The maximum atomic E-state index is 13.5. The van der Waals surface area contributed by atoms with Crippen molar-refractivity contribution < 1.29 is 23.9 Å². The molecule has 226 valence electrons. The van der Waals surface area contributed by atoms with Gasteiger partial charge in [0.15, 0.2) is 6.23 Å². The van der Waals surface area contributed by atoms with Crippen molar-refractivity contribution in [2.24, 2.45) is 23.7 Å². The highest BCUT2D eigenvalue weighted by Crippen LogP contribution is 2.32. The standard InChI is InChI=1S/C31H51N3O5S/c1-10-20(4)22(6)27(19(2)3)34(8)30(39-23(7)35)29-33-26(18-40-29)28(36)32-25(16-21(5)31(37)38-9)17-24-14-12-11-13-15-24/h11-15,19-22,25-27,29-30,33H,10,16-18H2,1-9H3,(H,32,36)/t20-,21+,22-,25-,26?,27-,29?,30+/m1/s1. The van der Waals surface area contributed by atoms with Gasteiger partial charge in [-0.2, -0.15) is 0 Å². The van der Waals surface area contributed by atoms with Gasteiger partial charge in [-0.3, -0.25) is 24.6 Å². The van der Waals surface area contributed by atoms with E-state index in [-0.39, 0.29) is 41.2 Å². The molecule has 1 aromatic rings. The molecule has 0 bridgehead atoms. The highest BCUT2D eigenvalue weighted by Gasteiger charge is 2.42. The van der Waals surface area contributed by atoms with Gasteiger partial charge in [0.25, 0.3) is 0 Å². The van der Waals surface area contributed by atoms with Crippen LogP contribution in [0.2, 0.25) is 0 Å². The molecule has 1 amide bonds. The van der Waals surface area contributed by atoms with Crippen LogP contribution in [0.25, 0.3) is 0 Å². The van der Waals surface area contributed by atoms with Crippen LogP contribution in [-0.4, -0.2) is 72.4 Å². The number of hydrogen-bond acceptors (Lipinski definition) is 8. The second-order valence-electron chi connectivity index (χ2n) is 11.7. The molecule has 9 heteroatoms. The summed E-state index contributed by atoms with van der Waals surface area (Å²) in [6, 6.07) is 9.45. The predicted octanol–water partition coefficient (Wildman–Crippen LogP) is 4.47. The normalized spacial score (nSPS) is 21.8. The zero-order chi connectivity index (χ0) is 30.0. The average Bonchev–Trinajstić information content (AvgIpc) is 3.41. The van der Waals surface area contributed by atoms with Gasteiger partial charge in [-0.15, -0.1) is 11.8 Å². The van der Waals surface area contributed by atoms with Crippen molar-refractivity contribution in [3.63, 3.8) is 0 Å². The first kappa shape index (κ1) is 34.1. The summed E-state index contributed by atoms with van der Waals surface area (Å²) in [6.45, 7) is 14.4. The van der Waals surface area contributed by atoms with E-state index < -0.39 is 12.3 Å². The molecule has 40 heavy (non-hydrogen) atoms. The number of nitrogens with zero attached hydrogens (tertiary/aromatic N) is 1. The van der Waals surface area contributed by atoms with E-state index in [0.29, 0.717) is 36.3 Å². The fraction of sp³-hybridized carbons (Fsp3) is 0.710. The first-order valence-corrected chi connectivity index (χ1v) is 15.6. The number of benzene rings is 1. The maximum absolute atomic E-state index is 13.5. The predicted molar refractivity (Wildman–Crippen MR) is 162 cm³/mol. The van der Waals surface area contributed by atoms with Gasteiger partial charge in [0.05, 0.1) is 19.1 Å². The molecule has 2 N–H and O–H groups in total. The Hall–Kier alpha value is -2.10. The van der Waals surface area contributed by atoms with Gasteiger partial charge in [0.1, 0.15) is 5.37 Å². The topological polar surface area (TPSA) is 97.0 Å². The van der Waals surface area contributed by atoms with Gasteiger partial charge in [-0.25, -0.2) is 0 Å². The third-order valence-electron chi connectivity index (χ3n) is 8.22. The SMILES string of the molecule is CC[C@@H](C)[C@@H](C)[C@@H](C(C)C)N(C)[C@@H](OC(C)=O)C1NC(C(=O)N[C@@H](Cc2ccccc2)C[C@H](C)C(=O)OC)CS1. The van der Waals surface area contributed by atoms with Crippen LogP contribution in [0, 0.1) is 23.7 Å². The van der Waals surface area contributed by atoms with Gasteiger partial charge in [-0.1, -0.05) is 78.3 Å². The molecule has 1 heterocycles. The van der Waals surface area contributed by atoms with Crippen molar-refractivity contribution >= 4 is 29.6 Å². The lowest BCUT2D eigenvalue weighted by Gasteiger charge is -2.43. The summed E-state index contributed by atoms with van der Waals surface area (Å²) in [5, 5.41) is 6.38. The zero-order valence-electron chi connectivity index (χ0n) is 25.8. The molecule has 0 aromatic heterocycles. The number of amides is 1. The van der Waals surface area contributed by atoms with Crippen LogP contribution in [0.3, 0.4) is 0 Å². The molecule has 0 aliphatic carbocycles. The van der Waals surface area contributed by atoms with Crippen molar-refractivity contribution in [1.82, 2.24) is 15.5 Å². The molecular weight excluding hydrogens is 526 g/mol. The molecule has 0 spiro atoms. The Bertz CT molecular complexity index is 946. The first-order chi connectivity index (χ1) is 18.9. The van der Waals surface area contributed by atoms with Crippen LogP contribution in [-0.2, 0) is 30.3 Å². The number of rotatable bonds is 15. The Morgan fingerprint density at radius 3 is 2.33 bits per heavy atom. The van der Waals surface area contributed by atoms with Crippen molar-refractivity contribution in [2.75, 3.05) is 19.9 Å². The van der Waals surface area contributed by atoms with E-state index in [1.165, 1.54) is 14.0 Å². The molecule has 2 unspecified atom stereocenters. The van der Waals surface area contributed by atoms with Crippen molar-refractivity contribution in [1.29, 1.82) is 0 Å². The monoisotopic (exact) mass is 577 g/mol. The second-order valence-corrected chi connectivity index (χ2v) is 12.8. The lowest BCUT2D eigenvalue weighted by molar-refractivity contribution is -0.161. The van der Waals surface area contributed by atoms with Crippen LogP contribution in [0.4, 0.5) is 0 Å². The zero-order valence-corrected chi connectivity index (χ0v) is 26.6. The van der Waals surface area contributed by atoms with E-state index in [0.717, 1.165) is 12.0 Å². The molecule has 1 aromatic carbocycles. The maximum Gasteiger partial charge on any atom is 0.308 e. The van der Waals surface area contributed by atoms with Gasteiger partial charge < -0.3 is 14.8 Å². The Morgan fingerprint density at radius 1 is 1.12 bits per heavy atom. The molecule has 2 rings (SSSR count). The smallest absolute Gasteiger partial charge is 0.308 e. The summed E-state index contributed by atoms with van der Waals surface area (Å²) in [6.07, 6.45) is 1.64. The Kier molecular flexibility index (Phi) is 14.0. The number of methoxy groups -OCH3 is 1. The summed E-state index contributed by atoms with van der Waals surface area (Å²) in [5.41, 5.74) is 1.09. The lowest BCUT2D eigenvalue weighted by atomic mass is 9.81. The molecule has 8 nitrogen and oxygen atoms in total. The van der Waals surface area contributed by atoms with Crippen molar-refractivity contribution in [2.45, 2.75) is 97.5 Å². The quantitative estimate of drug-likeness (QED) is 0.233. The Balaban J connectivity index is 2.17. The van der Waals surface area contributed by atoms with E-state index in [1.54, 1.807) is 11.8 Å². The van der Waals surface area contributed by atoms with Gasteiger partial charge >= 0.3 is 11.9 Å². The van der Waals surface area contributed by atoms with Crippen LogP contribution in [0.1, 0.15) is 66.9 Å². The fourth-order valence-electron chi connectivity index (χ4n) is 5.78. The molecule has 0 radical (unpaired) electrons. The van der Waals surface area contributed by atoms with E-state index in [4.69, 9.17) is 9.47 Å². The fourth-order valence-corrected chi connectivity index (χ4v) is 7.10. The van der Waals surface area contributed by atoms with Crippen molar-refractivity contribution in [3.05, 3.63) is 35.9 Å². The highest BCUT2D eigenvalue weighted by atomic mass is 32.2. The molecule has 1 fully saturated rings. The number of likely N-dealkylation sites (N-methyl/N-ethyl adjacent to an activating group) is 1. The average molecular weight is 578 g/mol. The minimum atomic E-state index is -0.515. The number of nitrogens with one attached hydrogen (secondary N) is 2. The molecular formula is C31H51N3O5S. The minimum Gasteiger partial charge on any atom is -0.469 e. The summed E-state index contributed by atoms with van der Waals surface area (Å²) >= 11 is 1.60. The molecule has 1 aliphatic heterocycles. The number of esters is 2. The third kappa shape index (κ3) is 9.77. The highest BCUT2D eigenvalue weighted by molar-refractivity contribution is 8.00. The number of thioether (sulfide) groups is 1. The van der Waals surface area contributed by atoms with E-state index in [9.17, 15) is 14.4 Å². The van der Waals surface area contributed by atoms with Gasteiger partial charge in [0, 0.05) is 24.8 Å². The van der Waals surface area contributed by atoms with Gasteiger partial charge in [-0.05, 0) is 43.2 Å². The summed E-state index contributed by atoms with van der Waals surface area (Å²) in [7, 11) is 3.41. The van der Waals surface area contributed by atoms with E-state index in [2.05, 4.69) is 50.2 Å². The van der Waals surface area contributed by atoms with Crippen LogP contribution >= 0.6 is 11.8 Å². The van der Waals surface area contributed by atoms with E-state index >= 15 is 0 Å². The molecule has 1 saturated heterocycles. The van der Waals surface area contributed by atoms with Crippen molar-refractivity contribution in [3.8, 4) is 0 Å². The summed E-state index contributed by atoms with van der Waals surface area (Å²) < 4.78 is 10.8. The second kappa shape index (κ2) is 16.4. The summed E-state index contributed by atoms with van der Waals surface area (Å²) in [5.74, 6) is 0.725. The number of carbonyl (C=O) groups is 3.